The van der Waals surface area contributed by atoms with E-state index in [2.05, 4.69) is 36.7 Å². The average molecular weight is 537 g/mol. The molecule has 0 fully saturated rings. The van der Waals surface area contributed by atoms with E-state index < -0.39 is 12.3 Å². The molecule has 40 heavy (non-hydrogen) atoms. The second-order valence-electron chi connectivity index (χ2n) is 9.29. The van der Waals surface area contributed by atoms with E-state index in [1.165, 1.54) is 0 Å². The molecule has 3 aromatic heterocycles. The predicted octanol–water partition coefficient (Wildman–Crippen LogP) is 3.94. The van der Waals surface area contributed by atoms with Gasteiger partial charge in [-0.25, -0.2) is 19.7 Å². The van der Waals surface area contributed by atoms with Gasteiger partial charge in [-0.3, -0.25) is 9.78 Å². The lowest BCUT2D eigenvalue weighted by Gasteiger charge is -2.15. The van der Waals surface area contributed by atoms with E-state index in [0.717, 1.165) is 27.5 Å². The van der Waals surface area contributed by atoms with Crippen molar-refractivity contribution in [2.24, 2.45) is 0 Å². The number of aromatic nitrogens is 5. The Morgan fingerprint density at radius 3 is 2.55 bits per heavy atom. The number of carbonyl (C=O) groups is 2. The highest BCUT2D eigenvalue weighted by atomic mass is 16.6. The topological polar surface area (TPSA) is 150 Å². The number of pyridine rings is 1. The molecule has 5 aromatic rings. The number of amides is 2. The Bertz CT molecular complexity index is 1720. The van der Waals surface area contributed by atoms with E-state index >= 15 is 0 Å². The molecule has 0 saturated heterocycles. The first-order valence-electron chi connectivity index (χ1n) is 12.6. The first-order valence-corrected chi connectivity index (χ1v) is 12.6. The number of carbonyl (C=O) groups excluding carboxylic acids is 2. The quantitative estimate of drug-likeness (QED) is 0.199. The fraction of sp³-hybridized carbons (Fsp3) is 0.172. The van der Waals surface area contributed by atoms with E-state index in [1.54, 1.807) is 32.4 Å². The molecule has 0 spiro atoms. The lowest BCUT2D eigenvalue weighted by atomic mass is 10.1. The summed E-state index contributed by atoms with van der Waals surface area (Å²) >= 11 is 0. The van der Waals surface area contributed by atoms with E-state index in [4.69, 9.17) is 15.5 Å². The molecule has 1 atom stereocenters. The van der Waals surface area contributed by atoms with E-state index in [1.807, 2.05) is 48.5 Å². The standard InChI is InChI=1S/C29H28N8O3/c1-17(2)28(38)34-18(3)40-29(39)33-14-19-8-10-20(11-9-19)16-37-25-21-6-4-5-7-22(21)35-26(30)24(25)36-27(37)23-15-31-12-13-32-23/h4-13,15,18H,1,14,16H2,2-3H3,(H2,30,35)(H,33,39)(H,34,38). The van der Waals surface area contributed by atoms with Crippen LogP contribution >= 0.6 is 0 Å². The van der Waals surface area contributed by atoms with Crippen LogP contribution in [0.1, 0.15) is 25.0 Å². The number of nitrogen functional groups attached to an aromatic ring is 1. The lowest BCUT2D eigenvalue weighted by molar-refractivity contribution is -0.120. The summed E-state index contributed by atoms with van der Waals surface area (Å²) in [6.45, 7) is 7.45. The van der Waals surface area contributed by atoms with Gasteiger partial charge in [-0.15, -0.1) is 0 Å². The summed E-state index contributed by atoms with van der Waals surface area (Å²) in [7, 11) is 0. The zero-order chi connectivity index (χ0) is 28.2. The summed E-state index contributed by atoms with van der Waals surface area (Å²) < 4.78 is 7.24. The van der Waals surface area contributed by atoms with Gasteiger partial charge in [0, 0.05) is 36.4 Å². The molecule has 0 aliphatic heterocycles. The number of fused-ring (bicyclic) bond motifs is 3. The molecule has 3 heterocycles. The van der Waals surface area contributed by atoms with Crippen molar-refractivity contribution < 1.29 is 14.3 Å². The second-order valence-corrected chi connectivity index (χ2v) is 9.29. The highest BCUT2D eigenvalue weighted by Gasteiger charge is 2.19. The van der Waals surface area contributed by atoms with Crippen LogP contribution in [0.25, 0.3) is 33.5 Å². The molecule has 202 valence electrons. The number of rotatable bonds is 8. The molecule has 0 saturated carbocycles. The van der Waals surface area contributed by atoms with Gasteiger partial charge in [-0.2, -0.15) is 0 Å². The summed E-state index contributed by atoms with van der Waals surface area (Å²) in [4.78, 5) is 41.9. The third-order valence-corrected chi connectivity index (χ3v) is 6.21. The lowest BCUT2D eigenvalue weighted by Crippen LogP contribution is -2.39. The first kappa shape index (κ1) is 26.3. The van der Waals surface area contributed by atoms with E-state index in [0.29, 0.717) is 35.0 Å². The zero-order valence-corrected chi connectivity index (χ0v) is 22.1. The van der Waals surface area contributed by atoms with Gasteiger partial charge in [-0.1, -0.05) is 49.0 Å². The maximum atomic E-state index is 12.1. The number of anilines is 1. The van der Waals surface area contributed by atoms with Crippen molar-refractivity contribution in [3.63, 3.8) is 0 Å². The maximum Gasteiger partial charge on any atom is 0.409 e. The summed E-state index contributed by atoms with van der Waals surface area (Å²) in [6.07, 6.45) is 3.47. The van der Waals surface area contributed by atoms with Gasteiger partial charge < -0.3 is 25.7 Å². The number of nitrogens with one attached hydrogen (secondary N) is 2. The summed E-state index contributed by atoms with van der Waals surface area (Å²) in [6, 6.07) is 15.6. The third kappa shape index (κ3) is 5.58. The number of hydrogen-bond acceptors (Lipinski definition) is 8. The highest BCUT2D eigenvalue weighted by Crippen LogP contribution is 2.32. The summed E-state index contributed by atoms with van der Waals surface area (Å²) in [5, 5.41) is 6.16. The molecule has 0 aliphatic carbocycles. The van der Waals surface area contributed by atoms with Crippen LogP contribution in [0, 0.1) is 0 Å². The van der Waals surface area contributed by atoms with Crippen molar-refractivity contribution in [1.82, 2.24) is 35.1 Å². The van der Waals surface area contributed by atoms with Crippen molar-refractivity contribution >= 4 is 39.8 Å². The number of nitrogens with two attached hydrogens (primary N) is 1. The van der Waals surface area contributed by atoms with Crippen molar-refractivity contribution in [2.75, 3.05) is 5.73 Å². The number of nitrogens with zero attached hydrogens (tertiary/aromatic N) is 5. The van der Waals surface area contributed by atoms with Gasteiger partial charge in [-0.05, 0) is 31.0 Å². The molecule has 0 radical (unpaired) electrons. The van der Waals surface area contributed by atoms with Crippen LogP contribution in [0.4, 0.5) is 10.6 Å². The molecule has 1 unspecified atom stereocenters. The van der Waals surface area contributed by atoms with Gasteiger partial charge in [0.1, 0.15) is 11.2 Å². The number of para-hydroxylation sites is 1. The average Bonchev–Trinajstić information content (AvgIpc) is 3.33. The fourth-order valence-electron chi connectivity index (χ4n) is 4.28. The molecule has 4 N–H and O–H groups in total. The molecule has 0 bridgehead atoms. The minimum Gasteiger partial charge on any atom is -0.426 e. The van der Waals surface area contributed by atoms with Crippen LogP contribution in [0.5, 0.6) is 0 Å². The van der Waals surface area contributed by atoms with Gasteiger partial charge in [0.05, 0.1) is 17.2 Å². The smallest absolute Gasteiger partial charge is 0.409 e. The largest absolute Gasteiger partial charge is 0.426 e. The Labute approximate surface area is 230 Å². The van der Waals surface area contributed by atoms with Crippen LogP contribution in [-0.2, 0) is 22.6 Å². The molecular formula is C29H28N8O3. The molecule has 0 aliphatic rings. The van der Waals surface area contributed by atoms with Gasteiger partial charge in [0.25, 0.3) is 0 Å². The number of benzene rings is 2. The van der Waals surface area contributed by atoms with Crippen molar-refractivity contribution in [2.45, 2.75) is 33.2 Å². The number of ether oxygens (including phenoxy) is 1. The Kier molecular flexibility index (Phi) is 7.36. The third-order valence-electron chi connectivity index (χ3n) is 6.21. The molecule has 2 aromatic carbocycles. The normalized spacial score (nSPS) is 11.8. The van der Waals surface area contributed by atoms with Gasteiger partial charge in [0.2, 0.25) is 5.91 Å². The van der Waals surface area contributed by atoms with Gasteiger partial charge in [0.15, 0.2) is 17.9 Å². The van der Waals surface area contributed by atoms with Crippen LogP contribution < -0.4 is 16.4 Å². The Hall–Kier alpha value is -5.32. The maximum absolute atomic E-state index is 12.1. The molecule has 2 amide bonds. The van der Waals surface area contributed by atoms with Crippen LogP contribution in [-0.4, -0.2) is 42.7 Å². The Balaban J connectivity index is 1.37. The molecule has 11 heteroatoms. The summed E-state index contributed by atoms with van der Waals surface area (Å²) in [5.41, 5.74) is 11.4. The monoisotopic (exact) mass is 536 g/mol. The van der Waals surface area contributed by atoms with E-state index in [-0.39, 0.29) is 12.5 Å². The minimum absolute atomic E-state index is 0.256. The van der Waals surface area contributed by atoms with Crippen LogP contribution in [0.2, 0.25) is 0 Å². The van der Waals surface area contributed by atoms with Crippen LogP contribution in [0.15, 0.2) is 79.3 Å². The molecule has 5 rings (SSSR count). The Morgan fingerprint density at radius 1 is 1.07 bits per heavy atom. The summed E-state index contributed by atoms with van der Waals surface area (Å²) in [5.74, 6) is 0.602. The fourth-order valence-corrected chi connectivity index (χ4v) is 4.28. The van der Waals surface area contributed by atoms with Crippen LogP contribution in [0.3, 0.4) is 0 Å². The minimum atomic E-state index is -0.791. The second kappa shape index (κ2) is 11.2. The number of imidazole rings is 1. The number of alkyl carbamates (subject to hydrolysis) is 1. The van der Waals surface area contributed by atoms with Crippen molar-refractivity contribution in [1.29, 1.82) is 0 Å². The zero-order valence-electron chi connectivity index (χ0n) is 22.1. The SMILES string of the molecule is C=C(C)C(=O)NC(C)OC(=O)NCc1ccc(Cn2c(-c3cnccn3)nc3c(N)nc4ccccc4c32)cc1. The number of hydrogen-bond donors (Lipinski definition) is 3. The van der Waals surface area contributed by atoms with Crippen molar-refractivity contribution in [3.8, 4) is 11.5 Å². The van der Waals surface area contributed by atoms with Crippen molar-refractivity contribution in [3.05, 3.63) is 90.4 Å². The first-order chi connectivity index (χ1) is 19.3. The predicted molar refractivity (Wildman–Crippen MR) is 152 cm³/mol. The molecule has 11 nitrogen and oxygen atoms in total. The Morgan fingerprint density at radius 2 is 1.82 bits per heavy atom. The van der Waals surface area contributed by atoms with E-state index in [9.17, 15) is 9.59 Å². The van der Waals surface area contributed by atoms with Gasteiger partial charge >= 0.3 is 6.09 Å². The highest BCUT2D eigenvalue weighted by molar-refractivity contribution is 6.07. The molecular weight excluding hydrogens is 508 g/mol.